The first-order valence-electron chi connectivity index (χ1n) is 8.30. The first-order chi connectivity index (χ1) is 11.0. The molecule has 0 radical (unpaired) electrons. The van der Waals surface area contributed by atoms with Crippen LogP contribution < -0.4 is 5.32 Å². The third kappa shape index (κ3) is 3.81. The van der Waals surface area contributed by atoms with Gasteiger partial charge in [0.05, 0.1) is 0 Å². The zero-order valence-corrected chi connectivity index (χ0v) is 14.8. The van der Waals surface area contributed by atoms with Gasteiger partial charge in [0.25, 0.3) is 0 Å². The number of guanidine groups is 1. The van der Waals surface area contributed by atoms with Gasteiger partial charge < -0.3 is 15.2 Å². The molecule has 5 heteroatoms. The molecule has 1 atom stereocenters. The number of hydrogen-bond donors (Lipinski definition) is 2. The quantitative estimate of drug-likeness (QED) is 0.877. The highest BCUT2D eigenvalue weighted by atomic mass is 35.5. The Balaban J connectivity index is 1.62. The average Bonchev–Trinajstić information content (AvgIpc) is 3.02. The van der Waals surface area contributed by atoms with Crippen LogP contribution in [0.2, 0.25) is 5.02 Å². The van der Waals surface area contributed by atoms with E-state index in [9.17, 15) is 0 Å². The van der Waals surface area contributed by atoms with E-state index in [0.717, 1.165) is 36.0 Å². The molecule has 2 heterocycles. The first kappa shape index (κ1) is 16.2. The van der Waals surface area contributed by atoms with Crippen molar-refractivity contribution >= 4 is 28.5 Å². The van der Waals surface area contributed by atoms with E-state index < -0.39 is 0 Å². The highest BCUT2D eigenvalue weighted by Crippen LogP contribution is 2.22. The topological polar surface area (TPSA) is 43.4 Å². The summed E-state index contributed by atoms with van der Waals surface area (Å²) >= 11 is 6.03. The molecule has 1 aromatic carbocycles. The second-order valence-electron chi connectivity index (χ2n) is 6.81. The van der Waals surface area contributed by atoms with Gasteiger partial charge in [-0.05, 0) is 36.5 Å². The standard InChI is InChI=1S/C18H25ClN4/c1-12(2)8-15-11-23(3)18(22-15)20-7-6-13-10-21-17-9-14(19)4-5-16(13)17/h4-5,9-10,12,15,21H,6-8,11H2,1-3H3,(H,20,22). The number of fused-ring (bicyclic) bond motifs is 1. The van der Waals surface area contributed by atoms with E-state index in [1.54, 1.807) is 0 Å². The van der Waals surface area contributed by atoms with Crippen LogP contribution in [-0.4, -0.2) is 42.0 Å². The number of nitrogens with one attached hydrogen (secondary N) is 2. The third-order valence-electron chi connectivity index (χ3n) is 4.32. The lowest BCUT2D eigenvalue weighted by Crippen LogP contribution is -2.30. The summed E-state index contributed by atoms with van der Waals surface area (Å²) in [7, 11) is 2.11. The second kappa shape index (κ2) is 6.83. The Hall–Kier alpha value is -1.68. The van der Waals surface area contributed by atoms with Crippen LogP contribution in [-0.2, 0) is 6.42 Å². The second-order valence-corrected chi connectivity index (χ2v) is 7.25. The highest BCUT2D eigenvalue weighted by molar-refractivity contribution is 6.31. The number of aromatic amines is 1. The lowest BCUT2D eigenvalue weighted by Gasteiger charge is -2.11. The number of halogens is 1. The van der Waals surface area contributed by atoms with Crippen molar-refractivity contribution in [3.05, 3.63) is 35.0 Å². The zero-order valence-electron chi connectivity index (χ0n) is 14.1. The number of H-pyrrole nitrogens is 1. The smallest absolute Gasteiger partial charge is 0.194 e. The van der Waals surface area contributed by atoms with Crippen molar-refractivity contribution in [2.45, 2.75) is 32.7 Å². The van der Waals surface area contributed by atoms with Crippen molar-refractivity contribution in [2.24, 2.45) is 10.9 Å². The minimum atomic E-state index is 0.522. The van der Waals surface area contributed by atoms with E-state index in [1.165, 1.54) is 17.4 Å². The molecule has 0 aliphatic carbocycles. The molecule has 0 spiro atoms. The highest BCUT2D eigenvalue weighted by Gasteiger charge is 2.24. The van der Waals surface area contributed by atoms with Crippen LogP contribution in [0.4, 0.5) is 0 Å². The van der Waals surface area contributed by atoms with Crippen LogP contribution in [0.25, 0.3) is 10.9 Å². The fourth-order valence-corrected chi connectivity index (χ4v) is 3.44. The normalized spacial score (nSPS) is 20.0. The summed E-state index contributed by atoms with van der Waals surface area (Å²) in [4.78, 5) is 10.3. The Morgan fingerprint density at radius 2 is 2.22 bits per heavy atom. The largest absolute Gasteiger partial charge is 0.361 e. The van der Waals surface area contributed by atoms with Crippen molar-refractivity contribution in [3.63, 3.8) is 0 Å². The van der Waals surface area contributed by atoms with E-state index in [-0.39, 0.29) is 0 Å². The minimum Gasteiger partial charge on any atom is -0.361 e. The number of rotatable bonds is 5. The Labute approximate surface area is 142 Å². The van der Waals surface area contributed by atoms with Crippen LogP contribution in [0.15, 0.2) is 29.4 Å². The van der Waals surface area contributed by atoms with E-state index >= 15 is 0 Å². The zero-order chi connectivity index (χ0) is 16.4. The fourth-order valence-electron chi connectivity index (χ4n) is 3.27. The molecule has 1 aromatic heterocycles. The van der Waals surface area contributed by atoms with Crippen LogP contribution in [0.5, 0.6) is 0 Å². The first-order valence-corrected chi connectivity index (χ1v) is 8.68. The summed E-state index contributed by atoms with van der Waals surface area (Å²) in [5.74, 6) is 1.73. The molecule has 4 nitrogen and oxygen atoms in total. The molecule has 3 rings (SSSR count). The Kier molecular flexibility index (Phi) is 4.81. The maximum atomic E-state index is 6.03. The SMILES string of the molecule is CC(C)CC1CN(C)C(=NCCc2c[nH]c3cc(Cl)ccc23)N1. The van der Waals surface area contributed by atoms with Gasteiger partial charge >= 0.3 is 0 Å². The van der Waals surface area contributed by atoms with Gasteiger partial charge in [0.2, 0.25) is 0 Å². The Morgan fingerprint density at radius 3 is 3.00 bits per heavy atom. The molecule has 23 heavy (non-hydrogen) atoms. The molecule has 124 valence electrons. The van der Waals surface area contributed by atoms with E-state index in [2.05, 4.69) is 48.4 Å². The molecule has 2 N–H and O–H groups in total. The number of aromatic nitrogens is 1. The monoisotopic (exact) mass is 332 g/mol. The number of likely N-dealkylation sites (N-methyl/N-ethyl adjacent to an activating group) is 1. The summed E-state index contributed by atoms with van der Waals surface area (Å²) in [5.41, 5.74) is 2.38. The lowest BCUT2D eigenvalue weighted by atomic mass is 10.0. The molecule has 1 unspecified atom stereocenters. The Morgan fingerprint density at radius 1 is 1.39 bits per heavy atom. The fraction of sp³-hybridized carbons (Fsp3) is 0.500. The molecule has 1 aliphatic heterocycles. The van der Waals surface area contributed by atoms with Gasteiger partial charge in [-0.1, -0.05) is 31.5 Å². The minimum absolute atomic E-state index is 0.522. The van der Waals surface area contributed by atoms with Gasteiger partial charge in [-0.2, -0.15) is 0 Å². The van der Waals surface area contributed by atoms with Crippen LogP contribution in [0.3, 0.4) is 0 Å². The van der Waals surface area contributed by atoms with Gasteiger partial charge in [0.15, 0.2) is 5.96 Å². The van der Waals surface area contributed by atoms with Gasteiger partial charge in [0, 0.05) is 48.3 Å². The summed E-state index contributed by atoms with van der Waals surface area (Å²) in [6.45, 7) is 6.36. The molecular weight excluding hydrogens is 308 g/mol. The van der Waals surface area contributed by atoms with Crippen molar-refractivity contribution in [2.75, 3.05) is 20.1 Å². The average molecular weight is 333 g/mol. The van der Waals surface area contributed by atoms with Crippen molar-refractivity contribution in [1.82, 2.24) is 15.2 Å². The van der Waals surface area contributed by atoms with Crippen LogP contribution >= 0.6 is 11.6 Å². The molecule has 0 amide bonds. The number of nitrogens with zero attached hydrogens (tertiary/aromatic N) is 2. The summed E-state index contributed by atoms with van der Waals surface area (Å²) in [6, 6.07) is 6.51. The van der Waals surface area contributed by atoms with E-state index in [1.807, 2.05) is 12.1 Å². The molecule has 1 saturated heterocycles. The predicted octanol–water partition coefficient (Wildman–Crippen LogP) is 3.67. The van der Waals surface area contributed by atoms with Gasteiger partial charge in [-0.25, -0.2) is 0 Å². The molecule has 1 aliphatic rings. The van der Waals surface area contributed by atoms with Gasteiger partial charge in [-0.15, -0.1) is 0 Å². The van der Waals surface area contributed by atoms with Crippen molar-refractivity contribution < 1.29 is 0 Å². The summed E-state index contributed by atoms with van der Waals surface area (Å²) in [6.07, 6.45) is 4.18. The van der Waals surface area contributed by atoms with Crippen LogP contribution in [0, 0.1) is 5.92 Å². The summed E-state index contributed by atoms with van der Waals surface area (Å²) < 4.78 is 0. The molecule has 2 aromatic rings. The van der Waals surface area contributed by atoms with Crippen LogP contribution in [0.1, 0.15) is 25.8 Å². The maximum Gasteiger partial charge on any atom is 0.194 e. The Bertz CT molecular complexity index is 704. The number of hydrogen-bond acceptors (Lipinski definition) is 1. The number of benzene rings is 1. The lowest BCUT2D eigenvalue weighted by molar-refractivity contribution is 0.437. The maximum absolute atomic E-state index is 6.03. The molecule has 0 saturated carbocycles. The van der Waals surface area contributed by atoms with Gasteiger partial charge in [0.1, 0.15) is 0 Å². The molecule has 0 bridgehead atoms. The van der Waals surface area contributed by atoms with Gasteiger partial charge in [-0.3, -0.25) is 4.99 Å². The predicted molar refractivity (Wildman–Crippen MR) is 98.3 cm³/mol. The van der Waals surface area contributed by atoms with Crippen molar-refractivity contribution in [1.29, 1.82) is 0 Å². The molecule has 1 fully saturated rings. The number of aliphatic imine (C=N–C) groups is 1. The van der Waals surface area contributed by atoms with Crippen molar-refractivity contribution in [3.8, 4) is 0 Å². The van der Waals surface area contributed by atoms with E-state index in [0.29, 0.717) is 12.0 Å². The summed E-state index contributed by atoms with van der Waals surface area (Å²) in [5, 5.41) is 5.55. The van der Waals surface area contributed by atoms with E-state index in [4.69, 9.17) is 16.6 Å². The molecular formula is C18H25ClN4. The third-order valence-corrected chi connectivity index (χ3v) is 4.55.